The summed E-state index contributed by atoms with van der Waals surface area (Å²) >= 11 is 5.68. The number of nitrogens with zero attached hydrogens (tertiary/aromatic N) is 1. The van der Waals surface area contributed by atoms with Crippen molar-refractivity contribution in [3.8, 4) is 11.1 Å². The Morgan fingerprint density at radius 3 is 1.98 bits per heavy atom. The molecule has 0 spiro atoms. The van der Waals surface area contributed by atoms with E-state index in [9.17, 15) is 13.2 Å². The average molecular weight is 573 g/mol. The molecule has 0 saturated heterocycles. The van der Waals surface area contributed by atoms with Crippen molar-refractivity contribution in [1.29, 1.82) is 0 Å². The number of aryl methyl sites for hydroxylation is 2. The normalized spacial score (nSPS) is 12.0. The number of thiocarbonyl (C=S) groups is 1. The number of carbonyl (C=O) groups excluding carboxylic acids is 1. The maximum Gasteiger partial charge on any atom is 0.251 e. The lowest BCUT2D eigenvalue weighted by Gasteiger charge is -2.23. The molecule has 1 amide bonds. The van der Waals surface area contributed by atoms with Gasteiger partial charge in [-0.15, -0.1) is 0 Å². The predicted octanol–water partition coefficient (Wildman–Crippen LogP) is 5.89. The summed E-state index contributed by atoms with van der Waals surface area (Å²) in [6.45, 7) is 3.90. The lowest BCUT2D eigenvalue weighted by molar-refractivity contribution is -0.117. The second-order valence-corrected chi connectivity index (χ2v) is 12.1. The summed E-state index contributed by atoms with van der Waals surface area (Å²) in [5, 5.41) is 9.63. The minimum absolute atomic E-state index is 0.184. The number of hydrogen-bond donors (Lipinski definition) is 3. The van der Waals surface area contributed by atoms with Gasteiger partial charge in [0.2, 0.25) is 10.0 Å². The fourth-order valence-electron chi connectivity index (χ4n) is 4.38. The molecule has 1 unspecified atom stereocenters. The first kappa shape index (κ1) is 28.9. The highest BCUT2D eigenvalue weighted by Crippen LogP contribution is 2.34. The number of sulfonamides is 1. The van der Waals surface area contributed by atoms with Gasteiger partial charge in [-0.05, 0) is 54.9 Å². The van der Waals surface area contributed by atoms with Crippen LogP contribution in [0.5, 0.6) is 0 Å². The number of anilines is 2. The third kappa shape index (κ3) is 6.39. The molecule has 0 aromatic heterocycles. The fraction of sp³-hybridized carbons (Fsp3) is 0.161. The minimum atomic E-state index is -3.70. The summed E-state index contributed by atoms with van der Waals surface area (Å²) in [5.74, 6) is -0.261. The van der Waals surface area contributed by atoms with Crippen LogP contribution in [0.15, 0.2) is 102 Å². The second-order valence-electron chi connectivity index (χ2n) is 9.53. The first-order valence-corrected chi connectivity index (χ1v) is 14.5. The molecule has 0 aliphatic heterocycles. The van der Waals surface area contributed by atoms with E-state index in [1.165, 1.54) is 18.4 Å². The van der Waals surface area contributed by atoms with Gasteiger partial charge < -0.3 is 16.0 Å². The van der Waals surface area contributed by atoms with Gasteiger partial charge >= 0.3 is 0 Å². The SMILES string of the molecule is Cc1cccc(C)c1NC(=O)C(NC(=S)Nc1ccccc1-c1ccccc1S(=O)(=O)N(C)C)c1ccccc1. The molecule has 0 aliphatic carbocycles. The van der Waals surface area contributed by atoms with Crippen molar-refractivity contribution in [3.05, 3.63) is 114 Å². The van der Waals surface area contributed by atoms with E-state index in [0.717, 1.165) is 22.4 Å². The second kappa shape index (κ2) is 12.4. The largest absolute Gasteiger partial charge is 0.347 e. The van der Waals surface area contributed by atoms with Gasteiger partial charge in [0.1, 0.15) is 6.04 Å². The summed E-state index contributed by atoms with van der Waals surface area (Å²) < 4.78 is 27.3. The molecular weight excluding hydrogens is 541 g/mol. The van der Waals surface area contributed by atoms with E-state index in [4.69, 9.17) is 12.2 Å². The van der Waals surface area contributed by atoms with Crippen LogP contribution in [0.1, 0.15) is 22.7 Å². The molecule has 0 bridgehead atoms. The lowest BCUT2D eigenvalue weighted by atomic mass is 10.0. The summed E-state index contributed by atoms with van der Waals surface area (Å²) in [6.07, 6.45) is 0. The molecule has 0 saturated carbocycles. The molecule has 4 aromatic rings. The summed E-state index contributed by atoms with van der Waals surface area (Å²) in [5.41, 5.74) is 5.22. The zero-order valence-electron chi connectivity index (χ0n) is 22.8. The van der Waals surface area contributed by atoms with Crippen molar-refractivity contribution in [2.24, 2.45) is 0 Å². The number of rotatable bonds is 8. The fourth-order valence-corrected chi connectivity index (χ4v) is 5.71. The van der Waals surface area contributed by atoms with Crippen LogP contribution in [0, 0.1) is 13.8 Å². The smallest absolute Gasteiger partial charge is 0.251 e. The Kier molecular flexibility index (Phi) is 8.99. The van der Waals surface area contributed by atoms with E-state index in [0.29, 0.717) is 16.8 Å². The highest BCUT2D eigenvalue weighted by molar-refractivity contribution is 7.89. The standard InChI is InChI=1S/C31H32N4O3S2/c1-21-13-12-14-22(2)28(21)33-30(36)29(23-15-6-5-7-16-23)34-31(39)32-26-19-10-8-17-24(26)25-18-9-11-20-27(25)40(37,38)35(3)4/h5-20,29H,1-4H3,(H,33,36)(H2,32,34,39). The van der Waals surface area contributed by atoms with E-state index in [1.807, 2.05) is 86.6 Å². The van der Waals surface area contributed by atoms with Gasteiger partial charge in [-0.3, -0.25) is 4.79 Å². The molecule has 0 heterocycles. The van der Waals surface area contributed by atoms with Gasteiger partial charge in [0.15, 0.2) is 5.11 Å². The van der Waals surface area contributed by atoms with Crippen LogP contribution in [-0.4, -0.2) is 37.8 Å². The number of nitrogens with one attached hydrogen (secondary N) is 3. The van der Waals surface area contributed by atoms with Gasteiger partial charge in [-0.25, -0.2) is 12.7 Å². The number of benzene rings is 4. The maximum absolute atomic E-state index is 13.6. The molecule has 0 aliphatic rings. The summed E-state index contributed by atoms with van der Waals surface area (Å²) in [7, 11) is -0.695. The van der Waals surface area contributed by atoms with E-state index >= 15 is 0 Å². The molecule has 1 atom stereocenters. The van der Waals surface area contributed by atoms with Crippen LogP contribution in [0.3, 0.4) is 0 Å². The van der Waals surface area contributed by atoms with Crippen LogP contribution in [0.25, 0.3) is 11.1 Å². The Hall–Kier alpha value is -4.05. The zero-order valence-corrected chi connectivity index (χ0v) is 24.4. The van der Waals surface area contributed by atoms with Crippen LogP contribution in [0.4, 0.5) is 11.4 Å². The molecule has 40 heavy (non-hydrogen) atoms. The van der Waals surface area contributed by atoms with Gasteiger partial charge in [-0.1, -0.05) is 84.9 Å². The molecule has 7 nitrogen and oxygen atoms in total. The minimum Gasteiger partial charge on any atom is -0.347 e. The van der Waals surface area contributed by atoms with E-state index in [-0.39, 0.29) is 15.9 Å². The number of hydrogen-bond acceptors (Lipinski definition) is 4. The van der Waals surface area contributed by atoms with Crippen LogP contribution in [0.2, 0.25) is 0 Å². The van der Waals surface area contributed by atoms with Crippen LogP contribution in [-0.2, 0) is 14.8 Å². The number of amides is 1. The van der Waals surface area contributed by atoms with E-state index < -0.39 is 16.1 Å². The molecule has 0 radical (unpaired) electrons. The summed E-state index contributed by atoms with van der Waals surface area (Å²) in [4.78, 5) is 13.8. The third-order valence-electron chi connectivity index (χ3n) is 6.51. The Morgan fingerprint density at radius 2 is 1.32 bits per heavy atom. The lowest BCUT2D eigenvalue weighted by Crippen LogP contribution is -2.39. The predicted molar refractivity (Wildman–Crippen MR) is 166 cm³/mol. The van der Waals surface area contributed by atoms with Crippen LogP contribution < -0.4 is 16.0 Å². The Morgan fingerprint density at radius 1 is 0.750 bits per heavy atom. The van der Waals surface area contributed by atoms with Crippen molar-refractivity contribution in [2.75, 3.05) is 24.7 Å². The van der Waals surface area contributed by atoms with Gasteiger partial charge in [0, 0.05) is 36.6 Å². The molecule has 4 aromatic carbocycles. The van der Waals surface area contributed by atoms with Gasteiger partial charge in [-0.2, -0.15) is 0 Å². The highest BCUT2D eigenvalue weighted by Gasteiger charge is 2.25. The number of carbonyl (C=O) groups is 1. The molecule has 0 fully saturated rings. The first-order chi connectivity index (χ1) is 19.1. The molecule has 4 rings (SSSR count). The van der Waals surface area contributed by atoms with Gasteiger partial charge in [0.25, 0.3) is 5.91 Å². The van der Waals surface area contributed by atoms with Crippen molar-refractivity contribution in [3.63, 3.8) is 0 Å². The highest BCUT2D eigenvalue weighted by atomic mass is 32.2. The summed E-state index contributed by atoms with van der Waals surface area (Å²) in [6, 6.07) is 28.6. The molecular formula is C31H32N4O3S2. The Labute approximate surface area is 241 Å². The third-order valence-corrected chi connectivity index (χ3v) is 8.60. The molecule has 9 heteroatoms. The monoisotopic (exact) mass is 572 g/mol. The number of para-hydroxylation sites is 2. The quantitative estimate of drug-likeness (QED) is 0.228. The average Bonchev–Trinajstić information content (AvgIpc) is 2.94. The van der Waals surface area contributed by atoms with Crippen LogP contribution >= 0.6 is 12.2 Å². The topological polar surface area (TPSA) is 90.5 Å². The van der Waals surface area contributed by atoms with Crippen molar-refractivity contribution in [1.82, 2.24) is 9.62 Å². The molecule has 3 N–H and O–H groups in total. The van der Waals surface area contributed by atoms with Gasteiger partial charge in [0.05, 0.1) is 4.90 Å². The molecule has 206 valence electrons. The first-order valence-electron chi connectivity index (χ1n) is 12.7. The van der Waals surface area contributed by atoms with Crippen molar-refractivity contribution >= 4 is 44.6 Å². The van der Waals surface area contributed by atoms with E-state index in [1.54, 1.807) is 24.3 Å². The Balaban J connectivity index is 1.64. The van der Waals surface area contributed by atoms with Crippen molar-refractivity contribution in [2.45, 2.75) is 24.8 Å². The van der Waals surface area contributed by atoms with E-state index in [2.05, 4.69) is 16.0 Å². The van der Waals surface area contributed by atoms with Crippen molar-refractivity contribution < 1.29 is 13.2 Å². The Bertz CT molecular complexity index is 1620. The zero-order chi connectivity index (χ0) is 28.9. The maximum atomic E-state index is 13.6.